The van der Waals surface area contributed by atoms with E-state index in [1.165, 1.54) is 18.2 Å². The van der Waals surface area contributed by atoms with Crippen LogP contribution in [0.3, 0.4) is 0 Å². The molecule has 106 valence electrons. The molecule has 4 nitrogen and oxygen atoms in total. The van der Waals surface area contributed by atoms with Crippen LogP contribution in [0.15, 0.2) is 24.3 Å². The molecular formula is C14H15F2N3O. The van der Waals surface area contributed by atoms with Crippen molar-refractivity contribution in [3.8, 4) is 11.6 Å². The highest BCUT2D eigenvalue weighted by Gasteiger charge is 2.12. The summed E-state index contributed by atoms with van der Waals surface area (Å²) >= 11 is 0. The Kier molecular flexibility index (Phi) is 4.45. The molecule has 1 aromatic heterocycles. The monoisotopic (exact) mass is 279 g/mol. The molecular weight excluding hydrogens is 264 g/mol. The van der Waals surface area contributed by atoms with Crippen LogP contribution >= 0.6 is 0 Å². The molecule has 0 spiro atoms. The van der Waals surface area contributed by atoms with Crippen molar-refractivity contribution in [1.82, 2.24) is 9.97 Å². The van der Waals surface area contributed by atoms with E-state index in [9.17, 15) is 8.78 Å². The molecule has 0 aliphatic carbocycles. The van der Waals surface area contributed by atoms with Crippen LogP contribution in [0.2, 0.25) is 0 Å². The van der Waals surface area contributed by atoms with Crippen LogP contribution in [-0.4, -0.2) is 17.0 Å². The number of hydrogen-bond donors (Lipinski definition) is 1. The normalized spacial score (nSPS) is 10.4. The zero-order valence-corrected chi connectivity index (χ0v) is 11.3. The van der Waals surface area contributed by atoms with Crippen LogP contribution in [0.25, 0.3) is 0 Å². The van der Waals surface area contributed by atoms with Crippen molar-refractivity contribution in [2.24, 2.45) is 0 Å². The minimum atomic E-state index is -1.03. The minimum absolute atomic E-state index is 0.178. The number of nitrogens with zero attached hydrogens (tertiary/aromatic N) is 2. The van der Waals surface area contributed by atoms with Gasteiger partial charge in [0.1, 0.15) is 11.6 Å². The molecule has 0 atom stereocenters. The van der Waals surface area contributed by atoms with Gasteiger partial charge in [0.05, 0.1) is 0 Å². The van der Waals surface area contributed by atoms with E-state index in [1.807, 2.05) is 6.92 Å². The summed E-state index contributed by atoms with van der Waals surface area (Å²) < 4.78 is 32.0. The lowest BCUT2D eigenvalue weighted by Gasteiger charge is -2.09. The Bertz CT molecular complexity index is 605. The Morgan fingerprint density at radius 1 is 1.25 bits per heavy atom. The largest absolute Gasteiger partial charge is 0.436 e. The third-order valence-corrected chi connectivity index (χ3v) is 2.61. The van der Waals surface area contributed by atoms with E-state index in [0.29, 0.717) is 18.1 Å². The van der Waals surface area contributed by atoms with Crippen LogP contribution in [0.1, 0.15) is 19.2 Å². The molecule has 1 N–H and O–H groups in total. The molecule has 6 heteroatoms. The van der Waals surface area contributed by atoms with Crippen LogP contribution in [0.5, 0.6) is 11.6 Å². The van der Waals surface area contributed by atoms with Gasteiger partial charge in [-0.15, -0.1) is 0 Å². The second kappa shape index (κ2) is 6.27. The number of benzene rings is 1. The zero-order valence-electron chi connectivity index (χ0n) is 11.3. The van der Waals surface area contributed by atoms with Crippen molar-refractivity contribution in [1.29, 1.82) is 0 Å². The number of halogens is 2. The van der Waals surface area contributed by atoms with Gasteiger partial charge in [-0.25, -0.2) is 9.37 Å². The van der Waals surface area contributed by atoms with E-state index in [4.69, 9.17) is 4.74 Å². The van der Waals surface area contributed by atoms with E-state index < -0.39 is 11.6 Å². The lowest BCUT2D eigenvalue weighted by Crippen LogP contribution is -2.02. The third kappa shape index (κ3) is 3.20. The maximum Gasteiger partial charge on any atom is 0.224 e. The van der Waals surface area contributed by atoms with Gasteiger partial charge in [0.2, 0.25) is 11.7 Å². The van der Waals surface area contributed by atoms with Gasteiger partial charge in [-0.1, -0.05) is 13.0 Å². The van der Waals surface area contributed by atoms with E-state index in [2.05, 4.69) is 15.3 Å². The predicted octanol–water partition coefficient (Wildman–Crippen LogP) is 3.54. The summed E-state index contributed by atoms with van der Waals surface area (Å²) in [5.41, 5.74) is 0. The topological polar surface area (TPSA) is 47.0 Å². The number of hydrogen-bond acceptors (Lipinski definition) is 4. The summed E-state index contributed by atoms with van der Waals surface area (Å²) in [5, 5.41) is 2.88. The first-order valence-corrected chi connectivity index (χ1v) is 6.31. The average molecular weight is 279 g/mol. The van der Waals surface area contributed by atoms with Gasteiger partial charge in [0, 0.05) is 19.5 Å². The van der Waals surface area contributed by atoms with Crippen molar-refractivity contribution in [3.63, 3.8) is 0 Å². The van der Waals surface area contributed by atoms with Crippen molar-refractivity contribution < 1.29 is 13.5 Å². The van der Waals surface area contributed by atoms with Crippen LogP contribution in [0.4, 0.5) is 14.6 Å². The molecule has 2 rings (SSSR count). The van der Waals surface area contributed by atoms with E-state index in [0.717, 1.165) is 12.5 Å². The molecule has 1 aromatic carbocycles. The van der Waals surface area contributed by atoms with Gasteiger partial charge >= 0.3 is 0 Å². The number of rotatable bonds is 5. The first-order valence-electron chi connectivity index (χ1n) is 6.31. The number of aromatic nitrogens is 2. The van der Waals surface area contributed by atoms with Gasteiger partial charge in [-0.05, 0) is 18.6 Å². The number of ether oxygens (including phenoxy) is 1. The molecule has 20 heavy (non-hydrogen) atoms. The zero-order chi connectivity index (χ0) is 14.5. The maximum atomic E-state index is 13.6. The number of anilines is 1. The van der Waals surface area contributed by atoms with Crippen LogP contribution < -0.4 is 10.1 Å². The summed E-state index contributed by atoms with van der Waals surface area (Å²) in [7, 11) is 1.71. The van der Waals surface area contributed by atoms with E-state index in [1.54, 1.807) is 7.05 Å². The Balaban J connectivity index is 2.32. The Morgan fingerprint density at radius 3 is 2.75 bits per heavy atom. The van der Waals surface area contributed by atoms with Crippen molar-refractivity contribution in [2.45, 2.75) is 19.8 Å². The molecule has 0 unspecified atom stereocenters. The molecule has 0 aliphatic heterocycles. The first-order chi connectivity index (χ1) is 9.63. The maximum absolute atomic E-state index is 13.6. The highest BCUT2D eigenvalue weighted by atomic mass is 19.2. The van der Waals surface area contributed by atoms with Gasteiger partial charge < -0.3 is 10.1 Å². The molecule has 0 radical (unpaired) electrons. The average Bonchev–Trinajstić information content (AvgIpc) is 2.44. The summed E-state index contributed by atoms with van der Waals surface area (Å²) in [6.45, 7) is 2.00. The van der Waals surface area contributed by atoms with E-state index in [-0.39, 0.29) is 11.6 Å². The Hall–Kier alpha value is -2.24. The third-order valence-electron chi connectivity index (χ3n) is 2.61. The summed E-state index contributed by atoms with van der Waals surface area (Å²) in [6.07, 6.45) is 1.55. The van der Waals surface area contributed by atoms with Crippen molar-refractivity contribution >= 4 is 5.82 Å². The first kappa shape index (κ1) is 14.2. The summed E-state index contributed by atoms with van der Waals surface area (Å²) in [6, 6.07) is 5.28. The molecule has 1 heterocycles. The molecule has 2 aromatic rings. The van der Waals surface area contributed by atoms with Gasteiger partial charge in [0.25, 0.3) is 0 Å². The minimum Gasteiger partial charge on any atom is -0.436 e. The standard InChI is InChI=1S/C14H15F2N3O/c1-3-5-11-18-12(17-2)8-13(19-11)20-10-7-4-6-9(15)14(10)16/h4,6-8H,3,5H2,1-2H3,(H,17,18,19). The summed E-state index contributed by atoms with van der Waals surface area (Å²) in [5.74, 6) is -0.861. The lowest BCUT2D eigenvalue weighted by molar-refractivity contribution is 0.403. The van der Waals surface area contributed by atoms with Crippen molar-refractivity contribution in [2.75, 3.05) is 12.4 Å². The Labute approximate surface area is 115 Å². The number of nitrogens with one attached hydrogen (secondary N) is 1. The predicted molar refractivity (Wildman–Crippen MR) is 72.0 cm³/mol. The van der Waals surface area contributed by atoms with Crippen LogP contribution in [-0.2, 0) is 6.42 Å². The second-order valence-corrected chi connectivity index (χ2v) is 4.16. The van der Waals surface area contributed by atoms with Gasteiger partial charge in [0.15, 0.2) is 11.6 Å². The highest BCUT2D eigenvalue weighted by Crippen LogP contribution is 2.25. The molecule has 0 saturated carbocycles. The van der Waals surface area contributed by atoms with Crippen LogP contribution in [0, 0.1) is 11.6 Å². The second-order valence-electron chi connectivity index (χ2n) is 4.16. The van der Waals surface area contributed by atoms with Gasteiger partial charge in [-0.2, -0.15) is 9.37 Å². The molecule has 0 fully saturated rings. The molecule has 0 amide bonds. The lowest BCUT2D eigenvalue weighted by atomic mass is 10.3. The smallest absolute Gasteiger partial charge is 0.224 e. The van der Waals surface area contributed by atoms with Gasteiger partial charge in [-0.3, -0.25) is 0 Å². The molecule has 0 aliphatic rings. The molecule has 0 saturated heterocycles. The van der Waals surface area contributed by atoms with Crippen molar-refractivity contribution in [3.05, 3.63) is 41.7 Å². The SMILES string of the molecule is CCCc1nc(NC)cc(Oc2cccc(F)c2F)n1. The van der Waals surface area contributed by atoms with E-state index >= 15 is 0 Å². The summed E-state index contributed by atoms with van der Waals surface area (Å²) in [4.78, 5) is 8.43. The molecule has 0 bridgehead atoms. The number of aryl methyl sites for hydroxylation is 1. The quantitative estimate of drug-likeness (QED) is 0.909. The fourth-order valence-corrected chi connectivity index (χ4v) is 1.66. The highest BCUT2D eigenvalue weighted by molar-refractivity contribution is 5.39. The fraction of sp³-hybridized carbons (Fsp3) is 0.286. The Morgan fingerprint density at radius 2 is 2.05 bits per heavy atom. The fourth-order valence-electron chi connectivity index (χ4n) is 1.66.